The van der Waals surface area contributed by atoms with E-state index in [0.717, 1.165) is 18.2 Å². The number of nitrogens with zero attached hydrogens (tertiary/aromatic N) is 2. The Bertz CT molecular complexity index is 1260. The van der Waals surface area contributed by atoms with Gasteiger partial charge in [0.1, 0.15) is 5.82 Å². The van der Waals surface area contributed by atoms with Gasteiger partial charge in [-0.15, -0.1) is 8.78 Å². The van der Waals surface area contributed by atoms with Crippen molar-refractivity contribution in [2.24, 2.45) is 0 Å². The number of pyridine rings is 1. The predicted octanol–water partition coefficient (Wildman–Crippen LogP) is 4.65. The molecule has 13 heteroatoms. The zero-order valence-corrected chi connectivity index (χ0v) is 18.4. The van der Waals surface area contributed by atoms with E-state index < -0.39 is 24.1 Å². The second-order valence-electron chi connectivity index (χ2n) is 7.51. The summed E-state index contributed by atoms with van der Waals surface area (Å²) in [5.74, 6) is -2.63. The third-order valence-corrected chi connectivity index (χ3v) is 4.96. The Kier molecular flexibility index (Phi) is 6.84. The summed E-state index contributed by atoms with van der Waals surface area (Å²) in [5, 5.41) is 14.8. The fourth-order valence-corrected chi connectivity index (χ4v) is 3.45. The van der Waals surface area contributed by atoms with E-state index in [1.807, 2.05) is 0 Å². The van der Waals surface area contributed by atoms with Crippen LogP contribution in [0.5, 0.6) is 11.5 Å². The van der Waals surface area contributed by atoms with Crippen molar-refractivity contribution in [1.29, 1.82) is 0 Å². The van der Waals surface area contributed by atoms with Crippen LogP contribution in [0.2, 0.25) is 0 Å². The van der Waals surface area contributed by atoms with E-state index in [9.17, 15) is 26.7 Å². The van der Waals surface area contributed by atoms with Crippen LogP contribution in [-0.2, 0) is 11.3 Å². The van der Waals surface area contributed by atoms with Crippen molar-refractivity contribution >= 4 is 28.8 Å². The number of hydrogen-bond donors (Lipinski definition) is 3. The van der Waals surface area contributed by atoms with Gasteiger partial charge in [0.2, 0.25) is 0 Å². The van der Waals surface area contributed by atoms with Crippen LogP contribution in [0.1, 0.15) is 5.56 Å². The first-order valence-electron chi connectivity index (χ1n) is 10.5. The van der Waals surface area contributed by atoms with Crippen LogP contribution >= 0.6 is 0 Å². The van der Waals surface area contributed by atoms with Crippen molar-refractivity contribution in [2.45, 2.75) is 19.0 Å². The molecular weight excluding hydrogens is 491 g/mol. The lowest BCUT2D eigenvalue weighted by atomic mass is 10.1. The van der Waals surface area contributed by atoms with Crippen LogP contribution in [-0.4, -0.2) is 41.6 Å². The Morgan fingerprint density at radius 3 is 2.53 bits per heavy atom. The summed E-state index contributed by atoms with van der Waals surface area (Å²) < 4.78 is 76.2. The minimum Gasteiger partial charge on any atom is -0.395 e. The number of hydrogen-bond acceptors (Lipinski definition) is 7. The minimum atomic E-state index is -5.27. The Hall–Kier alpha value is -4.13. The molecule has 0 spiro atoms. The number of carbonyl (C=O) groups excluding carboxylic acids is 1. The Labute approximate surface area is 201 Å². The number of amides is 1. The van der Waals surface area contributed by atoms with E-state index >= 15 is 0 Å². The summed E-state index contributed by atoms with van der Waals surface area (Å²) in [6, 6.07) is 12.0. The summed E-state index contributed by atoms with van der Waals surface area (Å²) >= 11 is 0. The zero-order valence-electron chi connectivity index (χ0n) is 18.4. The summed E-state index contributed by atoms with van der Waals surface area (Å²) in [7, 11) is 0. The van der Waals surface area contributed by atoms with Crippen molar-refractivity contribution in [2.75, 3.05) is 28.7 Å². The fourth-order valence-electron chi connectivity index (χ4n) is 3.45. The van der Waals surface area contributed by atoms with Gasteiger partial charge in [-0.05, 0) is 42.0 Å². The zero-order chi connectivity index (χ0) is 25.9. The first kappa shape index (κ1) is 25.0. The normalized spacial score (nSPS) is 13.8. The van der Waals surface area contributed by atoms with Gasteiger partial charge in [-0.3, -0.25) is 9.69 Å². The molecule has 0 saturated carbocycles. The molecule has 0 atom stereocenters. The molecule has 1 aromatic heterocycles. The first-order chi connectivity index (χ1) is 17.1. The molecule has 3 N–H and O–H groups in total. The van der Waals surface area contributed by atoms with E-state index in [1.54, 1.807) is 18.2 Å². The molecule has 190 valence electrons. The van der Waals surface area contributed by atoms with Crippen LogP contribution in [0.25, 0.3) is 0 Å². The monoisotopic (exact) mass is 510 g/mol. The maximum atomic E-state index is 13.6. The maximum Gasteiger partial charge on any atom is 0.586 e. The van der Waals surface area contributed by atoms with Crippen LogP contribution in [0.3, 0.4) is 0 Å². The number of nitrogens with one attached hydrogen (secondary N) is 2. The van der Waals surface area contributed by atoms with Crippen molar-refractivity contribution in [1.82, 2.24) is 4.98 Å². The summed E-state index contributed by atoms with van der Waals surface area (Å²) in [6.45, 7) is 0.329. The molecule has 0 saturated heterocycles. The number of aliphatic hydroxyl groups is 1. The van der Waals surface area contributed by atoms with E-state index in [-0.39, 0.29) is 42.5 Å². The fraction of sp³-hybridized carbons (Fsp3) is 0.217. The highest BCUT2D eigenvalue weighted by Crippen LogP contribution is 2.45. The van der Waals surface area contributed by atoms with Gasteiger partial charge in [0.05, 0.1) is 23.7 Å². The number of fused-ring (bicyclic) bond motifs is 1. The van der Waals surface area contributed by atoms with Gasteiger partial charge in [0.25, 0.3) is 0 Å². The van der Waals surface area contributed by atoms with Crippen LogP contribution < -0.4 is 25.0 Å². The number of aromatic nitrogens is 1. The van der Waals surface area contributed by atoms with Crippen LogP contribution in [0.4, 0.5) is 44.8 Å². The summed E-state index contributed by atoms with van der Waals surface area (Å²) in [4.78, 5) is 16.9. The lowest BCUT2D eigenvalue weighted by Crippen LogP contribution is -2.38. The molecule has 4 rings (SSSR count). The lowest BCUT2D eigenvalue weighted by molar-refractivity contribution is -0.286. The van der Waals surface area contributed by atoms with Crippen LogP contribution in [0.15, 0.2) is 60.8 Å². The number of halogens is 5. The predicted molar refractivity (Wildman–Crippen MR) is 119 cm³/mol. The van der Waals surface area contributed by atoms with E-state index in [4.69, 9.17) is 5.11 Å². The van der Waals surface area contributed by atoms with Crippen molar-refractivity contribution in [3.05, 3.63) is 66.4 Å². The molecule has 0 bridgehead atoms. The van der Waals surface area contributed by atoms with Gasteiger partial charge < -0.3 is 25.2 Å². The molecule has 1 aliphatic heterocycles. The highest BCUT2D eigenvalue weighted by Gasteiger charge is 2.46. The average molecular weight is 510 g/mol. The quantitative estimate of drug-likeness (QED) is 0.380. The molecule has 0 unspecified atom stereocenters. The Morgan fingerprint density at radius 2 is 1.78 bits per heavy atom. The highest BCUT2D eigenvalue weighted by atomic mass is 19.4. The second-order valence-corrected chi connectivity index (χ2v) is 7.51. The first-order valence-corrected chi connectivity index (χ1v) is 10.5. The molecule has 8 nitrogen and oxygen atoms in total. The second kappa shape index (κ2) is 9.85. The van der Waals surface area contributed by atoms with Gasteiger partial charge in [-0.25, -0.2) is 4.98 Å². The number of aliphatic hydroxyl groups excluding tert-OH is 1. The molecule has 36 heavy (non-hydrogen) atoms. The van der Waals surface area contributed by atoms with Crippen molar-refractivity contribution in [3.63, 3.8) is 0 Å². The van der Waals surface area contributed by atoms with Gasteiger partial charge >= 0.3 is 18.4 Å². The Balaban J connectivity index is 1.67. The third-order valence-electron chi connectivity index (χ3n) is 4.96. The maximum absolute atomic E-state index is 13.6. The van der Waals surface area contributed by atoms with E-state index in [2.05, 4.69) is 25.1 Å². The highest BCUT2D eigenvalue weighted by molar-refractivity contribution is 6.06. The number of rotatable bonds is 8. The molecule has 2 heterocycles. The molecule has 2 aromatic carbocycles. The van der Waals surface area contributed by atoms with Gasteiger partial charge in [-0.2, -0.15) is 13.2 Å². The summed E-state index contributed by atoms with van der Waals surface area (Å²) in [5.41, 5.74) is 0.350. The number of anilines is 4. The van der Waals surface area contributed by atoms with Gasteiger partial charge in [-0.1, -0.05) is 12.1 Å². The number of alkyl halides is 5. The molecule has 1 amide bonds. The largest absolute Gasteiger partial charge is 0.586 e. The molecule has 3 aromatic rings. The van der Waals surface area contributed by atoms with E-state index in [0.29, 0.717) is 16.3 Å². The van der Waals surface area contributed by atoms with Gasteiger partial charge in [0.15, 0.2) is 11.5 Å². The SMILES string of the molecule is O=C(N(c1ccc2c(c1)OC(F)(F)O2)c1ccccc1NCc1ccnc(NCCO)c1)C(F)(F)F. The van der Waals surface area contributed by atoms with Gasteiger partial charge in [0, 0.05) is 25.4 Å². The van der Waals surface area contributed by atoms with Crippen molar-refractivity contribution < 1.29 is 41.3 Å². The lowest BCUT2D eigenvalue weighted by Gasteiger charge is -2.26. The molecule has 0 radical (unpaired) electrons. The molecule has 0 fully saturated rings. The topological polar surface area (TPSA) is 96.0 Å². The minimum absolute atomic E-state index is 0.0991. The molecular formula is C23H19F5N4O4. The molecule has 1 aliphatic rings. The van der Waals surface area contributed by atoms with Crippen LogP contribution in [0, 0.1) is 0 Å². The number of ether oxygens (including phenoxy) is 2. The molecule has 0 aliphatic carbocycles. The third kappa shape index (κ3) is 5.57. The Morgan fingerprint density at radius 1 is 1.03 bits per heavy atom. The number of para-hydroxylation sites is 2. The summed E-state index contributed by atoms with van der Waals surface area (Å²) in [6.07, 6.45) is -7.73. The average Bonchev–Trinajstić information content (AvgIpc) is 3.15. The number of carbonyl (C=O) groups is 1. The number of benzene rings is 2. The smallest absolute Gasteiger partial charge is 0.395 e. The van der Waals surface area contributed by atoms with Crippen molar-refractivity contribution in [3.8, 4) is 11.5 Å². The standard InChI is InChI=1S/C23H19F5N4O4/c24-22(25,26)21(34)32(15-5-6-18-19(12-15)36-23(27,28)35-18)17-4-2-1-3-16(17)31-13-14-7-8-29-20(11-14)30-9-10-33/h1-8,11-12,31,33H,9-10,13H2,(H,29,30). The van der Waals surface area contributed by atoms with E-state index in [1.165, 1.54) is 24.4 Å².